The topological polar surface area (TPSA) is 17.0 Å². The highest BCUT2D eigenvalue weighted by atomic mass is 35.5. The van der Waals surface area contributed by atoms with E-state index in [0.717, 1.165) is 18.0 Å². The summed E-state index contributed by atoms with van der Waals surface area (Å²) in [5.41, 5.74) is 4.16. The minimum atomic E-state index is 0.170. The van der Waals surface area contributed by atoms with Gasteiger partial charge < -0.3 is 9.88 Å². The third-order valence-electron chi connectivity index (χ3n) is 3.75. The molecule has 0 spiro atoms. The number of aromatic nitrogens is 1. The third-order valence-corrected chi connectivity index (χ3v) is 4.06. The van der Waals surface area contributed by atoms with Crippen LogP contribution in [0.3, 0.4) is 0 Å². The van der Waals surface area contributed by atoms with Gasteiger partial charge in [-0.15, -0.1) is 0 Å². The van der Waals surface area contributed by atoms with Crippen molar-refractivity contribution in [3.8, 4) is 0 Å². The zero-order valence-electron chi connectivity index (χ0n) is 10.5. The van der Waals surface area contributed by atoms with Gasteiger partial charge in [0.05, 0.1) is 10.5 Å². The van der Waals surface area contributed by atoms with Gasteiger partial charge in [0, 0.05) is 30.2 Å². The molecule has 0 radical (unpaired) electrons. The minimum Gasteiger partial charge on any atom is -0.345 e. The molecule has 2 aromatic rings. The summed E-state index contributed by atoms with van der Waals surface area (Å²) < 4.78 is 2.23. The molecule has 90 valence electrons. The highest BCUT2D eigenvalue weighted by Crippen LogP contribution is 2.35. The molecule has 1 aromatic carbocycles. The molecular weight excluding hydrogens is 232 g/mol. The van der Waals surface area contributed by atoms with Crippen molar-refractivity contribution >= 4 is 22.5 Å². The van der Waals surface area contributed by atoms with Gasteiger partial charge in [0.1, 0.15) is 0 Å². The molecule has 0 saturated carbocycles. The molecule has 2 heterocycles. The highest BCUT2D eigenvalue weighted by molar-refractivity contribution is 6.35. The lowest BCUT2D eigenvalue weighted by Gasteiger charge is -2.31. The number of nitrogens with one attached hydrogen (secondary N) is 1. The quantitative estimate of drug-likeness (QED) is 0.757. The van der Waals surface area contributed by atoms with E-state index in [1.54, 1.807) is 0 Å². The summed E-state index contributed by atoms with van der Waals surface area (Å²) in [7, 11) is 2.10. The van der Waals surface area contributed by atoms with Crippen molar-refractivity contribution in [1.82, 2.24) is 9.88 Å². The second-order valence-electron chi connectivity index (χ2n) is 5.53. The molecule has 1 N–H and O–H groups in total. The maximum Gasteiger partial charge on any atom is 0.0672 e. The van der Waals surface area contributed by atoms with E-state index < -0.39 is 0 Å². The van der Waals surface area contributed by atoms with E-state index in [4.69, 9.17) is 11.6 Å². The van der Waals surface area contributed by atoms with Crippen molar-refractivity contribution in [1.29, 1.82) is 0 Å². The van der Waals surface area contributed by atoms with Gasteiger partial charge >= 0.3 is 0 Å². The van der Waals surface area contributed by atoms with Crippen LogP contribution in [0.4, 0.5) is 0 Å². The predicted octanol–water partition coefficient (Wildman–Crippen LogP) is 3.26. The number of nitrogens with zero attached hydrogens (tertiary/aromatic N) is 1. The SMILES string of the molecule is Cn1c2c(c3cccc(Cl)c31)CC(C)(C)NC2. The lowest BCUT2D eigenvalue weighted by Crippen LogP contribution is -2.44. The molecule has 1 aliphatic rings. The molecule has 0 saturated heterocycles. The summed E-state index contributed by atoms with van der Waals surface area (Å²) in [6.07, 6.45) is 1.06. The molecule has 17 heavy (non-hydrogen) atoms. The first kappa shape index (κ1) is 11.1. The summed E-state index contributed by atoms with van der Waals surface area (Å²) in [6, 6.07) is 6.19. The number of para-hydroxylation sites is 1. The average molecular weight is 249 g/mol. The molecule has 0 fully saturated rings. The molecule has 0 unspecified atom stereocenters. The van der Waals surface area contributed by atoms with Crippen molar-refractivity contribution < 1.29 is 0 Å². The second-order valence-corrected chi connectivity index (χ2v) is 5.94. The first-order valence-corrected chi connectivity index (χ1v) is 6.37. The maximum absolute atomic E-state index is 6.31. The van der Waals surface area contributed by atoms with E-state index >= 15 is 0 Å². The lowest BCUT2D eigenvalue weighted by molar-refractivity contribution is 0.357. The number of halogens is 1. The summed E-state index contributed by atoms with van der Waals surface area (Å²) in [5.74, 6) is 0. The summed E-state index contributed by atoms with van der Waals surface area (Å²) in [4.78, 5) is 0. The second kappa shape index (κ2) is 3.50. The normalized spacial score (nSPS) is 18.4. The van der Waals surface area contributed by atoms with E-state index in [0.29, 0.717) is 0 Å². The van der Waals surface area contributed by atoms with Crippen molar-refractivity contribution in [2.24, 2.45) is 7.05 Å². The molecule has 2 nitrogen and oxygen atoms in total. The molecule has 0 aliphatic carbocycles. The van der Waals surface area contributed by atoms with Crippen LogP contribution in [0.1, 0.15) is 25.1 Å². The minimum absolute atomic E-state index is 0.170. The summed E-state index contributed by atoms with van der Waals surface area (Å²) >= 11 is 6.31. The monoisotopic (exact) mass is 248 g/mol. The molecule has 3 heteroatoms. The van der Waals surface area contributed by atoms with Gasteiger partial charge in [-0.1, -0.05) is 23.7 Å². The van der Waals surface area contributed by atoms with Crippen molar-refractivity contribution in [3.63, 3.8) is 0 Å². The first-order chi connectivity index (χ1) is 7.99. The van der Waals surface area contributed by atoms with Gasteiger partial charge in [0.15, 0.2) is 0 Å². The Balaban J connectivity index is 2.33. The number of fused-ring (bicyclic) bond motifs is 3. The average Bonchev–Trinajstić information content (AvgIpc) is 2.52. The summed E-state index contributed by atoms with van der Waals surface area (Å²) in [5, 5.41) is 5.73. The van der Waals surface area contributed by atoms with Gasteiger partial charge in [0.2, 0.25) is 0 Å². The Morgan fingerprint density at radius 2 is 2.12 bits per heavy atom. The van der Waals surface area contributed by atoms with E-state index in [1.165, 1.54) is 22.2 Å². The molecule has 3 rings (SSSR count). The smallest absolute Gasteiger partial charge is 0.0672 e. The first-order valence-electron chi connectivity index (χ1n) is 5.99. The number of hydrogen-bond acceptors (Lipinski definition) is 1. The molecule has 1 aliphatic heterocycles. The fourth-order valence-electron chi connectivity index (χ4n) is 2.84. The molecular formula is C14H17ClN2. The molecule has 0 amide bonds. The largest absolute Gasteiger partial charge is 0.345 e. The van der Waals surface area contributed by atoms with E-state index in [9.17, 15) is 0 Å². The molecule has 0 bridgehead atoms. The zero-order chi connectivity index (χ0) is 12.2. The number of aryl methyl sites for hydroxylation is 1. The van der Waals surface area contributed by atoms with Crippen molar-refractivity contribution in [2.45, 2.75) is 32.4 Å². The van der Waals surface area contributed by atoms with Crippen LogP contribution >= 0.6 is 11.6 Å². The van der Waals surface area contributed by atoms with Crippen molar-refractivity contribution in [3.05, 3.63) is 34.5 Å². The maximum atomic E-state index is 6.31. The van der Waals surface area contributed by atoms with Crippen LogP contribution in [-0.4, -0.2) is 10.1 Å². The fourth-order valence-corrected chi connectivity index (χ4v) is 3.14. The van der Waals surface area contributed by atoms with Crippen LogP contribution in [0.5, 0.6) is 0 Å². The standard InChI is InChI=1S/C14H17ClN2/c1-14(2)7-10-9-5-4-6-11(15)13(9)17(3)12(10)8-16-14/h4-6,16H,7-8H2,1-3H3. The number of rotatable bonds is 0. The molecule has 1 aromatic heterocycles. The van der Waals surface area contributed by atoms with Crippen LogP contribution in [-0.2, 0) is 20.0 Å². The Morgan fingerprint density at radius 1 is 1.35 bits per heavy atom. The van der Waals surface area contributed by atoms with Gasteiger partial charge in [-0.25, -0.2) is 0 Å². The highest BCUT2D eigenvalue weighted by Gasteiger charge is 2.29. The Labute approximate surface area is 107 Å². The number of benzene rings is 1. The van der Waals surface area contributed by atoms with Crippen LogP contribution in [0.15, 0.2) is 18.2 Å². The van der Waals surface area contributed by atoms with Gasteiger partial charge in [-0.3, -0.25) is 0 Å². The van der Waals surface area contributed by atoms with Crippen LogP contribution in [0, 0.1) is 0 Å². The van der Waals surface area contributed by atoms with Crippen LogP contribution in [0.2, 0.25) is 5.02 Å². The van der Waals surface area contributed by atoms with Crippen molar-refractivity contribution in [2.75, 3.05) is 0 Å². The van der Waals surface area contributed by atoms with E-state index in [1.807, 2.05) is 12.1 Å². The van der Waals surface area contributed by atoms with Gasteiger partial charge in [-0.05, 0) is 31.9 Å². The Bertz CT molecular complexity index is 596. The van der Waals surface area contributed by atoms with Crippen LogP contribution < -0.4 is 5.32 Å². The Hall–Kier alpha value is -0.990. The fraction of sp³-hybridized carbons (Fsp3) is 0.429. The van der Waals surface area contributed by atoms with Gasteiger partial charge in [-0.2, -0.15) is 0 Å². The molecule has 0 atom stereocenters. The van der Waals surface area contributed by atoms with E-state index in [-0.39, 0.29) is 5.54 Å². The number of hydrogen-bond donors (Lipinski definition) is 1. The van der Waals surface area contributed by atoms with Gasteiger partial charge in [0.25, 0.3) is 0 Å². The lowest BCUT2D eigenvalue weighted by atomic mass is 9.89. The van der Waals surface area contributed by atoms with E-state index in [2.05, 4.69) is 36.8 Å². The Morgan fingerprint density at radius 3 is 2.88 bits per heavy atom. The summed E-state index contributed by atoms with van der Waals surface area (Å²) in [6.45, 7) is 5.42. The Kier molecular flexibility index (Phi) is 2.29. The third kappa shape index (κ3) is 1.59. The predicted molar refractivity (Wildman–Crippen MR) is 72.6 cm³/mol. The zero-order valence-corrected chi connectivity index (χ0v) is 11.2. The van der Waals surface area contributed by atoms with Crippen LogP contribution in [0.25, 0.3) is 10.9 Å².